The van der Waals surface area contributed by atoms with Crippen molar-refractivity contribution in [2.24, 2.45) is 5.92 Å². The summed E-state index contributed by atoms with van der Waals surface area (Å²) in [5.74, 6) is 0.0948. The minimum atomic E-state index is -0.691. The molecule has 21 heavy (non-hydrogen) atoms. The highest BCUT2D eigenvalue weighted by atomic mass is 32.1. The van der Waals surface area contributed by atoms with Crippen LogP contribution in [0.2, 0.25) is 0 Å². The normalized spacial score (nSPS) is 11.7. The Balaban J connectivity index is 2.16. The van der Waals surface area contributed by atoms with Crippen molar-refractivity contribution in [2.45, 2.75) is 20.0 Å². The molecule has 0 saturated carbocycles. The molecule has 0 spiro atoms. The quantitative estimate of drug-likeness (QED) is 0.921. The van der Waals surface area contributed by atoms with E-state index >= 15 is 0 Å². The maximum Gasteiger partial charge on any atom is 0.267 e. The van der Waals surface area contributed by atoms with Crippen LogP contribution in [-0.2, 0) is 4.79 Å². The summed E-state index contributed by atoms with van der Waals surface area (Å²) >= 11 is 1.34. The van der Waals surface area contributed by atoms with Crippen LogP contribution in [0.5, 0.6) is 5.75 Å². The van der Waals surface area contributed by atoms with Gasteiger partial charge in [0, 0.05) is 11.6 Å². The van der Waals surface area contributed by atoms with Gasteiger partial charge >= 0.3 is 0 Å². The van der Waals surface area contributed by atoms with Crippen LogP contribution in [0.3, 0.4) is 0 Å². The molecule has 2 aromatic rings. The Hall–Kier alpha value is -2.39. The zero-order valence-electron chi connectivity index (χ0n) is 11.7. The average Bonchev–Trinajstić information content (AvgIpc) is 2.97. The molecule has 1 N–H and O–H groups in total. The topological polar surface area (TPSA) is 75.0 Å². The second-order valence-corrected chi connectivity index (χ2v) is 5.61. The zero-order chi connectivity index (χ0) is 15.2. The van der Waals surface area contributed by atoms with Crippen LogP contribution in [0, 0.1) is 17.2 Å². The first-order valence-corrected chi connectivity index (χ1v) is 7.36. The Kier molecular flexibility index (Phi) is 4.90. The van der Waals surface area contributed by atoms with Crippen molar-refractivity contribution in [3.05, 3.63) is 41.4 Å². The summed E-state index contributed by atoms with van der Waals surface area (Å²) in [7, 11) is 0. The maximum absolute atomic E-state index is 12.3. The molecule has 0 saturated heterocycles. The van der Waals surface area contributed by atoms with E-state index in [0.717, 1.165) is 0 Å². The Labute approximate surface area is 127 Å². The zero-order valence-corrected chi connectivity index (χ0v) is 12.6. The van der Waals surface area contributed by atoms with Gasteiger partial charge < -0.3 is 4.74 Å². The fourth-order valence-corrected chi connectivity index (χ4v) is 2.28. The molecule has 0 bridgehead atoms. The van der Waals surface area contributed by atoms with Crippen LogP contribution >= 0.6 is 11.3 Å². The number of ether oxygens (including phenoxy) is 1. The molecule has 1 aromatic heterocycles. The van der Waals surface area contributed by atoms with E-state index in [1.165, 1.54) is 11.3 Å². The van der Waals surface area contributed by atoms with Gasteiger partial charge in [-0.2, -0.15) is 5.26 Å². The Morgan fingerprint density at radius 2 is 2.19 bits per heavy atom. The predicted octanol–water partition coefficient (Wildman–Crippen LogP) is 3.06. The number of hydrogen-bond acceptors (Lipinski definition) is 5. The van der Waals surface area contributed by atoms with Crippen molar-refractivity contribution < 1.29 is 9.53 Å². The van der Waals surface area contributed by atoms with Crippen LogP contribution in [0.25, 0.3) is 0 Å². The fourth-order valence-electron chi connectivity index (χ4n) is 1.75. The number of para-hydroxylation sites is 1. The first-order chi connectivity index (χ1) is 10.1. The van der Waals surface area contributed by atoms with Crippen molar-refractivity contribution in [1.29, 1.82) is 5.26 Å². The van der Waals surface area contributed by atoms with E-state index in [9.17, 15) is 4.79 Å². The lowest BCUT2D eigenvalue weighted by Gasteiger charge is -2.21. The summed E-state index contributed by atoms with van der Waals surface area (Å²) in [5.41, 5.74) is 0.408. The molecule has 0 radical (unpaired) electrons. The Bertz CT molecular complexity index is 647. The van der Waals surface area contributed by atoms with Crippen molar-refractivity contribution in [1.82, 2.24) is 4.98 Å². The number of anilines is 1. The number of amides is 1. The summed E-state index contributed by atoms with van der Waals surface area (Å²) in [5, 5.41) is 14.1. The number of benzene rings is 1. The number of thiazole rings is 1. The molecular formula is C15H15N3O2S. The monoisotopic (exact) mass is 301 g/mol. The number of rotatable bonds is 5. The van der Waals surface area contributed by atoms with Gasteiger partial charge in [-0.3, -0.25) is 10.1 Å². The second kappa shape index (κ2) is 6.86. The third-order valence-corrected chi connectivity index (χ3v) is 3.48. The molecule has 0 fully saturated rings. The number of nitrogens with one attached hydrogen (secondary N) is 1. The van der Waals surface area contributed by atoms with Gasteiger partial charge in [0.05, 0.1) is 5.56 Å². The van der Waals surface area contributed by atoms with Gasteiger partial charge in [0.15, 0.2) is 11.2 Å². The summed E-state index contributed by atoms with van der Waals surface area (Å²) in [6.07, 6.45) is 0.930. The van der Waals surface area contributed by atoms with Gasteiger partial charge in [0.25, 0.3) is 5.91 Å². The Morgan fingerprint density at radius 3 is 2.81 bits per heavy atom. The number of hydrogen-bond donors (Lipinski definition) is 1. The lowest BCUT2D eigenvalue weighted by Crippen LogP contribution is -2.37. The first-order valence-electron chi connectivity index (χ1n) is 6.48. The smallest absolute Gasteiger partial charge is 0.267 e. The van der Waals surface area contributed by atoms with Gasteiger partial charge in [-0.05, 0) is 18.1 Å². The largest absolute Gasteiger partial charge is 0.479 e. The van der Waals surface area contributed by atoms with E-state index in [0.29, 0.717) is 16.4 Å². The molecule has 2 rings (SSSR count). The van der Waals surface area contributed by atoms with Crippen LogP contribution in [0.15, 0.2) is 35.8 Å². The van der Waals surface area contributed by atoms with E-state index in [-0.39, 0.29) is 11.8 Å². The van der Waals surface area contributed by atoms with Crippen molar-refractivity contribution in [2.75, 3.05) is 5.32 Å². The summed E-state index contributed by atoms with van der Waals surface area (Å²) in [4.78, 5) is 16.3. The first kappa shape index (κ1) is 15.0. The highest BCUT2D eigenvalue weighted by molar-refractivity contribution is 7.13. The summed E-state index contributed by atoms with van der Waals surface area (Å²) < 4.78 is 5.75. The van der Waals surface area contributed by atoms with E-state index in [2.05, 4.69) is 16.4 Å². The highest BCUT2D eigenvalue weighted by Crippen LogP contribution is 2.22. The number of aromatic nitrogens is 1. The second-order valence-electron chi connectivity index (χ2n) is 4.72. The summed E-state index contributed by atoms with van der Waals surface area (Å²) in [6, 6.07) is 8.93. The molecule has 1 unspecified atom stereocenters. The number of nitrogens with zero attached hydrogens (tertiary/aromatic N) is 2. The molecule has 6 heteroatoms. The number of carbonyl (C=O) groups excluding carboxylic acids is 1. The van der Waals surface area contributed by atoms with Gasteiger partial charge in [0.2, 0.25) is 0 Å². The van der Waals surface area contributed by atoms with Gasteiger partial charge in [-0.15, -0.1) is 11.3 Å². The molecule has 108 valence electrons. The fraction of sp³-hybridized carbons (Fsp3) is 0.267. The van der Waals surface area contributed by atoms with Gasteiger partial charge in [-0.1, -0.05) is 26.0 Å². The van der Waals surface area contributed by atoms with Crippen molar-refractivity contribution in [3.8, 4) is 11.8 Å². The lowest BCUT2D eigenvalue weighted by molar-refractivity contribution is -0.124. The van der Waals surface area contributed by atoms with E-state index in [1.54, 1.807) is 35.8 Å². The third kappa shape index (κ3) is 3.80. The van der Waals surface area contributed by atoms with E-state index < -0.39 is 6.10 Å². The maximum atomic E-state index is 12.3. The Morgan fingerprint density at radius 1 is 1.43 bits per heavy atom. The molecule has 5 nitrogen and oxygen atoms in total. The average molecular weight is 301 g/mol. The van der Waals surface area contributed by atoms with Crippen molar-refractivity contribution >= 4 is 22.4 Å². The SMILES string of the molecule is CC(C)C(Oc1ccccc1C#N)C(=O)Nc1nccs1. The van der Waals surface area contributed by atoms with Crippen molar-refractivity contribution in [3.63, 3.8) is 0 Å². The van der Waals surface area contributed by atoms with E-state index in [1.807, 2.05) is 13.8 Å². The molecule has 1 aromatic carbocycles. The van der Waals surface area contributed by atoms with Gasteiger partial charge in [0.1, 0.15) is 11.8 Å². The van der Waals surface area contributed by atoms with Crippen LogP contribution in [0.1, 0.15) is 19.4 Å². The molecular weight excluding hydrogens is 286 g/mol. The summed E-state index contributed by atoms with van der Waals surface area (Å²) in [6.45, 7) is 3.78. The molecule has 1 amide bonds. The molecule has 1 heterocycles. The number of nitriles is 1. The molecule has 0 aliphatic heterocycles. The standard InChI is InChI=1S/C15H15N3O2S/c1-10(2)13(14(19)18-15-17-7-8-21-15)20-12-6-4-3-5-11(12)9-16/h3-8,10,13H,1-2H3,(H,17,18,19). The number of carbonyl (C=O) groups is 1. The van der Waals surface area contributed by atoms with E-state index in [4.69, 9.17) is 10.00 Å². The van der Waals surface area contributed by atoms with Crippen LogP contribution in [0.4, 0.5) is 5.13 Å². The minimum absolute atomic E-state index is 0.0447. The minimum Gasteiger partial charge on any atom is -0.479 e. The van der Waals surface area contributed by atoms with Crippen LogP contribution in [-0.4, -0.2) is 17.0 Å². The molecule has 1 atom stereocenters. The lowest BCUT2D eigenvalue weighted by atomic mass is 10.1. The molecule has 0 aliphatic rings. The predicted molar refractivity (Wildman–Crippen MR) is 81.2 cm³/mol. The molecule has 0 aliphatic carbocycles. The third-order valence-electron chi connectivity index (χ3n) is 2.79. The highest BCUT2D eigenvalue weighted by Gasteiger charge is 2.25. The van der Waals surface area contributed by atoms with Crippen LogP contribution < -0.4 is 10.1 Å². The van der Waals surface area contributed by atoms with Gasteiger partial charge in [-0.25, -0.2) is 4.98 Å².